The van der Waals surface area contributed by atoms with Crippen molar-refractivity contribution in [3.63, 3.8) is 0 Å². The zero-order valence-electron chi connectivity index (χ0n) is 9.84. The van der Waals surface area contributed by atoms with Crippen LogP contribution in [0, 0.1) is 0 Å². The van der Waals surface area contributed by atoms with Crippen LogP contribution in [0.1, 0.15) is 17.3 Å². The molecule has 18 heavy (non-hydrogen) atoms. The summed E-state index contributed by atoms with van der Waals surface area (Å²) < 4.78 is 4.98. The van der Waals surface area contributed by atoms with Gasteiger partial charge in [0.1, 0.15) is 16.3 Å². The highest BCUT2D eigenvalue weighted by atomic mass is 32.1. The van der Waals surface area contributed by atoms with Crippen LogP contribution in [0.25, 0.3) is 11.1 Å². The maximum Gasteiger partial charge on any atom is 0.341 e. The molecule has 5 heteroatoms. The first-order chi connectivity index (χ1) is 8.63. The summed E-state index contributed by atoms with van der Waals surface area (Å²) in [4.78, 5) is 11.8. The van der Waals surface area contributed by atoms with Gasteiger partial charge in [-0.05, 0) is 24.6 Å². The quantitative estimate of drug-likeness (QED) is 0.835. The molecule has 0 aliphatic heterocycles. The Morgan fingerprint density at radius 3 is 2.94 bits per heavy atom. The largest absolute Gasteiger partial charge is 0.508 e. The topological polar surface area (TPSA) is 72.5 Å². The monoisotopic (exact) mass is 263 g/mol. The number of carbonyl (C=O) groups excluding carboxylic acids is 1. The van der Waals surface area contributed by atoms with Gasteiger partial charge in [-0.1, -0.05) is 12.1 Å². The highest BCUT2D eigenvalue weighted by molar-refractivity contribution is 7.14. The molecule has 2 aromatic rings. The molecule has 0 radical (unpaired) electrons. The van der Waals surface area contributed by atoms with Crippen molar-refractivity contribution in [2.75, 3.05) is 12.3 Å². The van der Waals surface area contributed by atoms with Crippen LogP contribution < -0.4 is 5.73 Å². The smallest absolute Gasteiger partial charge is 0.341 e. The molecule has 2 rings (SSSR count). The van der Waals surface area contributed by atoms with Gasteiger partial charge in [-0.25, -0.2) is 4.79 Å². The average molecular weight is 263 g/mol. The maximum absolute atomic E-state index is 11.8. The molecule has 0 amide bonds. The Morgan fingerprint density at radius 2 is 2.28 bits per heavy atom. The number of hydrogen-bond donors (Lipinski definition) is 2. The Kier molecular flexibility index (Phi) is 3.53. The first-order valence-corrected chi connectivity index (χ1v) is 6.35. The summed E-state index contributed by atoms with van der Waals surface area (Å²) in [5.41, 5.74) is 7.60. The lowest BCUT2D eigenvalue weighted by Gasteiger charge is -2.05. The summed E-state index contributed by atoms with van der Waals surface area (Å²) in [6.07, 6.45) is 0. The maximum atomic E-state index is 11.8. The zero-order chi connectivity index (χ0) is 13.1. The van der Waals surface area contributed by atoms with Crippen LogP contribution in [0.4, 0.5) is 5.00 Å². The third kappa shape index (κ3) is 2.31. The van der Waals surface area contributed by atoms with Crippen molar-refractivity contribution in [3.05, 3.63) is 35.2 Å². The normalized spacial score (nSPS) is 10.3. The molecule has 0 fully saturated rings. The summed E-state index contributed by atoms with van der Waals surface area (Å²) in [5, 5.41) is 11.7. The average Bonchev–Trinajstić information content (AvgIpc) is 2.71. The summed E-state index contributed by atoms with van der Waals surface area (Å²) in [5.74, 6) is -0.290. The van der Waals surface area contributed by atoms with Gasteiger partial charge < -0.3 is 15.6 Å². The number of ether oxygens (including phenoxy) is 1. The SMILES string of the molecule is CCOC(=O)c1c(-c2cccc(O)c2)csc1N. The van der Waals surface area contributed by atoms with Crippen molar-refractivity contribution in [1.82, 2.24) is 0 Å². The van der Waals surface area contributed by atoms with Crippen LogP contribution in [-0.2, 0) is 4.74 Å². The molecule has 0 saturated heterocycles. The van der Waals surface area contributed by atoms with E-state index < -0.39 is 5.97 Å². The summed E-state index contributed by atoms with van der Waals surface area (Å²) in [6, 6.07) is 6.69. The van der Waals surface area contributed by atoms with Crippen molar-refractivity contribution in [2.45, 2.75) is 6.92 Å². The molecule has 1 aromatic carbocycles. The number of hydrogen-bond acceptors (Lipinski definition) is 5. The summed E-state index contributed by atoms with van der Waals surface area (Å²) in [6.45, 7) is 2.04. The number of aromatic hydroxyl groups is 1. The predicted octanol–water partition coefficient (Wildman–Crippen LogP) is 2.88. The van der Waals surface area contributed by atoms with Gasteiger partial charge in [-0.3, -0.25) is 0 Å². The minimum absolute atomic E-state index is 0.145. The third-order valence-corrected chi connectivity index (χ3v) is 3.27. The van der Waals surface area contributed by atoms with Gasteiger partial charge in [-0.2, -0.15) is 0 Å². The van der Waals surface area contributed by atoms with Gasteiger partial charge in [0, 0.05) is 10.9 Å². The molecule has 1 aromatic heterocycles. The molecule has 0 aliphatic rings. The van der Waals surface area contributed by atoms with E-state index in [9.17, 15) is 9.90 Å². The van der Waals surface area contributed by atoms with Crippen LogP contribution in [0.3, 0.4) is 0 Å². The minimum atomic E-state index is -0.436. The van der Waals surface area contributed by atoms with Crippen molar-refractivity contribution in [2.24, 2.45) is 0 Å². The van der Waals surface area contributed by atoms with E-state index in [1.165, 1.54) is 11.3 Å². The molecular weight excluding hydrogens is 250 g/mol. The fraction of sp³-hybridized carbons (Fsp3) is 0.154. The molecule has 94 valence electrons. The molecular formula is C13H13NO3S. The number of anilines is 1. The summed E-state index contributed by atoms with van der Waals surface area (Å²) >= 11 is 1.28. The first-order valence-electron chi connectivity index (χ1n) is 5.47. The number of phenols is 1. The molecule has 0 aliphatic carbocycles. The van der Waals surface area contributed by atoms with E-state index in [0.717, 1.165) is 5.56 Å². The molecule has 4 nitrogen and oxygen atoms in total. The van der Waals surface area contributed by atoms with E-state index in [-0.39, 0.29) is 5.75 Å². The Balaban J connectivity index is 2.49. The Morgan fingerprint density at radius 1 is 1.50 bits per heavy atom. The molecule has 0 unspecified atom stereocenters. The Hall–Kier alpha value is -2.01. The van der Waals surface area contributed by atoms with E-state index in [2.05, 4.69) is 0 Å². The second kappa shape index (κ2) is 5.10. The molecule has 0 spiro atoms. The van der Waals surface area contributed by atoms with E-state index in [1.54, 1.807) is 30.5 Å². The minimum Gasteiger partial charge on any atom is -0.508 e. The van der Waals surface area contributed by atoms with Crippen LogP contribution in [-0.4, -0.2) is 17.7 Å². The number of thiophene rings is 1. The fourth-order valence-corrected chi connectivity index (χ4v) is 2.48. The number of carbonyl (C=O) groups is 1. The fourth-order valence-electron chi connectivity index (χ4n) is 1.67. The number of rotatable bonds is 3. The molecule has 0 bridgehead atoms. The highest BCUT2D eigenvalue weighted by Crippen LogP contribution is 2.35. The van der Waals surface area contributed by atoms with E-state index in [0.29, 0.717) is 22.7 Å². The molecule has 0 atom stereocenters. The summed E-state index contributed by atoms with van der Waals surface area (Å²) in [7, 11) is 0. The van der Waals surface area contributed by atoms with Gasteiger partial charge in [0.25, 0.3) is 0 Å². The zero-order valence-corrected chi connectivity index (χ0v) is 10.7. The second-order valence-electron chi connectivity index (χ2n) is 3.66. The first kappa shape index (κ1) is 12.4. The van der Waals surface area contributed by atoms with E-state index in [1.807, 2.05) is 6.07 Å². The van der Waals surface area contributed by atoms with Gasteiger partial charge in [0.05, 0.1) is 6.61 Å². The molecule has 1 heterocycles. The molecule has 3 N–H and O–H groups in total. The molecule has 0 saturated carbocycles. The van der Waals surface area contributed by atoms with Crippen molar-refractivity contribution in [3.8, 4) is 16.9 Å². The predicted molar refractivity (Wildman–Crippen MR) is 71.8 cm³/mol. The van der Waals surface area contributed by atoms with Gasteiger partial charge >= 0.3 is 5.97 Å². The van der Waals surface area contributed by atoms with Gasteiger partial charge in [0.2, 0.25) is 0 Å². The van der Waals surface area contributed by atoms with E-state index in [4.69, 9.17) is 10.5 Å². The number of nitrogens with two attached hydrogens (primary N) is 1. The lowest BCUT2D eigenvalue weighted by Crippen LogP contribution is -2.07. The Bertz CT molecular complexity index is 577. The van der Waals surface area contributed by atoms with Crippen LogP contribution >= 0.6 is 11.3 Å². The lowest BCUT2D eigenvalue weighted by atomic mass is 10.0. The van der Waals surface area contributed by atoms with Crippen LogP contribution in [0.2, 0.25) is 0 Å². The number of phenolic OH excluding ortho intramolecular Hbond substituents is 1. The van der Waals surface area contributed by atoms with Crippen molar-refractivity contribution < 1.29 is 14.6 Å². The van der Waals surface area contributed by atoms with Crippen molar-refractivity contribution in [1.29, 1.82) is 0 Å². The van der Waals surface area contributed by atoms with Gasteiger partial charge in [-0.15, -0.1) is 11.3 Å². The number of benzene rings is 1. The standard InChI is InChI=1S/C13H13NO3S/c1-2-17-13(16)11-10(7-18-12(11)14)8-4-3-5-9(15)6-8/h3-7,15H,2,14H2,1H3. The second-order valence-corrected chi connectivity index (χ2v) is 4.57. The van der Waals surface area contributed by atoms with Crippen LogP contribution in [0.15, 0.2) is 29.6 Å². The highest BCUT2D eigenvalue weighted by Gasteiger charge is 2.19. The Labute approximate surface area is 109 Å². The number of nitrogen functional groups attached to an aromatic ring is 1. The third-order valence-electron chi connectivity index (χ3n) is 2.46. The number of esters is 1. The van der Waals surface area contributed by atoms with Gasteiger partial charge in [0.15, 0.2) is 0 Å². The van der Waals surface area contributed by atoms with E-state index >= 15 is 0 Å². The lowest BCUT2D eigenvalue weighted by molar-refractivity contribution is 0.0529. The van der Waals surface area contributed by atoms with Crippen molar-refractivity contribution >= 4 is 22.3 Å². The van der Waals surface area contributed by atoms with Crippen LogP contribution in [0.5, 0.6) is 5.75 Å².